The van der Waals surface area contributed by atoms with Gasteiger partial charge in [-0.3, -0.25) is 34.1 Å². The fourth-order valence-electron chi connectivity index (χ4n) is 10.6. The fourth-order valence-corrected chi connectivity index (χ4v) is 12.1. The van der Waals surface area contributed by atoms with E-state index in [9.17, 15) is 66.4 Å². The Balaban J connectivity index is 0.000000273. The largest absolute Gasteiger partial charge is 0.519 e. The lowest BCUT2D eigenvalue weighted by atomic mass is 8.46. The van der Waals surface area contributed by atoms with Gasteiger partial charge in [-0.25, -0.2) is 48.3 Å². The number of carbonyl (C=O) groups is 9. The van der Waals surface area contributed by atoms with E-state index in [1.54, 1.807) is 145 Å². The Morgan fingerprint density at radius 3 is 1.20 bits per heavy atom. The van der Waals surface area contributed by atoms with Crippen molar-refractivity contribution in [1.29, 1.82) is 0 Å². The number of carbonyl (C=O) groups excluding carboxylic acids is 9. The number of nitrogens with one attached hydrogen (secondary N) is 6. The number of ether oxygens (including phenoxy) is 3. The van der Waals surface area contributed by atoms with Crippen LogP contribution in [-0.4, -0.2) is 222 Å². The molecule has 6 aromatic heterocycles. The summed E-state index contributed by atoms with van der Waals surface area (Å²) in [4.78, 5) is 134. The summed E-state index contributed by atoms with van der Waals surface area (Å²) in [6.07, 6.45) is 14.7. The number of anilines is 13. The number of hydrogen-bond donors (Lipinski definition) is 10. The zero-order valence-corrected chi connectivity index (χ0v) is 82.2. The van der Waals surface area contributed by atoms with Crippen molar-refractivity contribution in [2.75, 3.05) is 59.6 Å². The third-order valence-corrected chi connectivity index (χ3v) is 20.2. The third-order valence-electron chi connectivity index (χ3n) is 18.0. The van der Waals surface area contributed by atoms with E-state index in [1.165, 1.54) is 57.0 Å². The van der Waals surface area contributed by atoms with Gasteiger partial charge in [-0.05, 0) is 220 Å². The average Bonchev–Trinajstić information content (AvgIpc) is 1.67. The standard InChI is InChI=1S/2C15H15FN4O.C10H9BBrN2O2.C10H18O5.C9H9BrN2O.C6H5BBrN2O.C6H5FN2O2.C5H5BrN2.C4H5ClO.B15/c2*16-12-7-10(3-4-13(12)17)19-11-5-6-18-14(8-11)20-15(21)9-1-2-9;12-8-3-4-13-9(5-8)14(11-6-15)10(16)7-1-2-7;1-9(2,3)14-7(11)13-8(12)15-10(4,5)6;10-7-3-4-11-8(5-7)12-9(13)6-1-2-6;8-5-1-2-9-6(3-5)10-7-4-11;7-5-3-4(8)1-2-6(5)9(10)11;6-4-1-2-8-5(7)3-4;5-4(6)3-1-2-3;1-9-13(8)15(12(6)7)14(10(2)3)11(4)5/h2*3-9H,1-2,17H2,(H2,18,19,20,21);3-7H,1-2H2;1-6H3;3-6H,1-2H2,(H,11,12,13);1-4H,(H,9,10);1-3H,8H2;1-3H,(H2,7,8);3H,1-2H2;. The van der Waals surface area contributed by atoms with Gasteiger partial charge in [0.25, 0.3) is 0 Å². The number of nitro benzene ring substituents is 1. The van der Waals surface area contributed by atoms with E-state index in [2.05, 4.69) is 130 Å². The number of pyridine rings is 6. The molecule has 5 aliphatic carbocycles. The van der Waals surface area contributed by atoms with Crippen molar-refractivity contribution in [3.63, 3.8) is 0 Å². The summed E-state index contributed by atoms with van der Waals surface area (Å²) >= 11 is 18.2. The molecule has 5 aliphatic rings. The second-order valence-electron chi connectivity index (χ2n) is 32.3. The van der Waals surface area contributed by atoms with E-state index in [1.807, 2.05) is 18.2 Å². The van der Waals surface area contributed by atoms with Crippen LogP contribution in [0.1, 0.15) is 106 Å². The van der Waals surface area contributed by atoms with Crippen molar-refractivity contribution in [2.24, 2.45) is 29.6 Å². The highest BCUT2D eigenvalue weighted by atomic mass is 79.9. The van der Waals surface area contributed by atoms with E-state index in [0.717, 1.165) is 94.2 Å². The maximum Gasteiger partial charge on any atom is 0.519 e. The number of nitrogen functional groups attached to an aromatic ring is 4. The first-order valence-electron chi connectivity index (χ1n) is 41.8. The normalized spacial score (nSPS) is 12.5. The minimum Gasteiger partial charge on any atom is -0.428 e. The van der Waals surface area contributed by atoms with Crippen LogP contribution < -0.4 is 59.6 Å². The van der Waals surface area contributed by atoms with Gasteiger partial charge in [-0.1, -0.05) is 63.7 Å². The molecule has 6 heterocycles. The number of hydrogen-bond acceptors (Lipinski definition) is 27. The van der Waals surface area contributed by atoms with Crippen LogP contribution in [0, 0.1) is 57.2 Å². The van der Waals surface area contributed by atoms with Gasteiger partial charge >= 0.3 is 32.8 Å². The van der Waals surface area contributed by atoms with Crippen LogP contribution in [0.15, 0.2) is 182 Å². The fraction of sp³-hybridized carbons (Fsp3) is 0.287. The molecule has 3 aromatic carbocycles. The Bertz CT molecular complexity index is 5350. The zero-order chi connectivity index (χ0) is 102. The van der Waals surface area contributed by atoms with Crippen molar-refractivity contribution in [3.05, 3.63) is 210 Å². The topological polar surface area (TPSA) is 481 Å². The summed E-state index contributed by atoms with van der Waals surface area (Å²) in [5.74, 6) is 2.15. The smallest absolute Gasteiger partial charge is 0.428 e. The van der Waals surface area contributed by atoms with E-state index in [0.29, 0.717) is 70.0 Å². The van der Waals surface area contributed by atoms with Crippen LogP contribution in [0.25, 0.3) is 0 Å². The van der Waals surface area contributed by atoms with Crippen LogP contribution >= 0.6 is 75.3 Å². The van der Waals surface area contributed by atoms with E-state index in [-0.39, 0.29) is 75.5 Å². The molecule has 14 rings (SSSR count). The molecule has 32 nitrogen and oxygen atoms in total. The second-order valence-corrected chi connectivity index (χ2v) is 36.3. The molecule has 0 bridgehead atoms. The average molecular weight is 2120 g/mol. The highest BCUT2D eigenvalue weighted by molar-refractivity contribution is 9.11. The number of nitrogens with zero attached hydrogens (tertiary/aromatic N) is 8. The Morgan fingerprint density at radius 2 is 0.869 bits per heavy atom. The number of nitrogens with two attached hydrogens (primary N) is 4. The molecule has 0 unspecified atom stereocenters. The van der Waals surface area contributed by atoms with Gasteiger partial charge in [-0.2, -0.15) is 4.39 Å². The van der Waals surface area contributed by atoms with Gasteiger partial charge in [0.05, 0.1) is 16.3 Å². The predicted octanol–water partition coefficient (Wildman–Crippen LogP) is 11.5. The van der Waals surface area contributed by atoms with Gasteiger partial charge in [0.15, 0.2) is 0 Å². The molecule has 137 heavy (non-hydrogen) atoms. The molecule has 4 amide bonds. The van der Waals surface area contributed by atoms with Gasteiger partial charge in [-0.15, -0.1) is 0 Å². The molecule has 9 aromatic rings. The molecule has 14 N–H and O–H groups in total. The minimum absolute atomic E-state index is 0.00169. The Labute approximate surface area is 846 Å². The van der Waals surface area contributed by atoms with Gasteiger partial charge < -0.3 is 83.4 Å². The zero-order valence-electron chi connectivity index (χ0n) is 75.1. The van der Waals surface area contributed by atoms with Crippen LogP contribution in [0.5, 0.6) is 0 Å². The number of amides is 4. The molecule has 57 heteroatoms. The first kappa shape index (κ1) is 117. The Hall–Kier alpha value is -10.7. The molecular weight excluding hydrogens is 2030 g/mol. The molecule has 19 radical (unpaired) electrons. The number of rotatable bonds is 25. The van der Waals surface area contributed by atoms with Crippen molar-refractivity contribution >= 4 is 331 Å². The van der Waals surface area contributed by atoms with E-state index in [4.69, 9.17) is 106 Å². The molecule has 687 valence electrons. The monoisotopic (exact) mass is 2120 g/mol. The summed E-state index contributed by atoms with van der Waals surface area (Å²) in [5.41, 5.74) is 22.4. The summed E-state index contributed by atoms with van der Waals surface area (Å²) in [6, 6.07) is 33.4. The molecule has 0 atom stereocenters. The highest BCUT2D eigenvalue weighted by Crippen LogP contribution is 2.36. The Kier molecular flexibility index (Phi) is 50.2. The summed E-state index contributed by atoms with van der Waals surface area (Å²) in [5, 5.41) is 27.0. The Morgan fingerprint density at radius 1 is 0.489 bits per heavy atom. The van der Waals surface area contributed by atoms with Crippen molar-refractivity contribution in [3.8, 4) is 0 Å². The van der Waals surface area contributed by atoms with Crippen LogP contribution in [0.3, 0.4) is 0 Å². The number of nitro groups is 1. The number of aromatic nitrogens is 6. The van der Waals surface area contributed by atoms with Crippen molar-refractivity contribution in [1.82, 2.24) is 29.9 Å². The summed E-state index contributed by atoms with van der Waals surface area (Å²) in [7, 11) is 48.3. The molecule has 5 saturated carbocycles. The summed E-state index contributed by atoms with van der Waals surface area (Å²) < 4.78 is 56.8. The maximum absolute atomic E-state index is 13.4. The van der Waals surface area contributed by atoms with Crippen LogP contribution in [-0.2, 0) is 47.8 Å². The van der Waals surface area contributed by atoms with Crippen LogP contribution in [0.4, 0.5) is 103 Å². The highest BCUT2D eigenvalue weighted by Gasteiger charge is 2.38. The van der Waals surface area contributed by atoms with Crippen molar-refractivity contribution < 1.29 is 75.5 Å². The second kappa shape index (κ2) is 58.9. The molecule has 0 aliphatic heterocycles. The molecular formula is C80H86B17Br4ClF3N18O14. The first-order valence-corrected chi connectivity index (χ1v) is 45.3. The lowest BCUT2D eigenvalue weighted by molar-refractivity contribution is -0.387. The summed E-state index contributed by atoms with van der Waals surface area (Å²) in [6.45, 7) is 10.0. The third kappa shape index (κ3) is 48.4. The lowest BCUT2D eigenvalue weighted by Gasteiger charge is -2.35. The van der Waals surface area contributed by atoms with E-state index >= 15 is 0 Å². The maximum atomic E-state index is 13.4. The van der Waals surface area contributed by atoms with Crippen LogP contribution in [0.2, 0.25) is 0 Å². The number of benzene rings is 3. The van der Waals surface area contributed by atoms with E-state index < -0.39 is 89.9 Å². The minimum atomic E-state index is -1.06. The van der Waals surface area contributed by atoms with Gasteiger partial charge in [0.2, 0.25) is 34.7 Å². The molecule has 5 fully saturated rings. The molecule has 0 saturated heterocycles. The number of halogens is 8. The SMILES string of the molecule is CC(C)(C)OC(=O)OC(=O)OC(C)(C)C.Nc1cc(Br)ccn1.Nc1ccc(Nc2ccnc(NC(=O)C3CC3)c2)cc1F.Nc1ccc(Nc2ccnc(NC(=O)C3CC3)c2)cc1F.Nc1ccc([N+](=O)[O-])c(F)c1.O=C(Cl)C1CC1.O=C(Nc1cc(Br)ccn1)C1CC1.O=C[B]N(C(=O)C1CC1)c1cc(Br)ccn1.O=C[B]Nc1cc(Br)ccn1.[B][B]B([B])B(B([B])[B])B(B([B])[B])B([B])[B]. The lowest BCUT2D eigenvalue weighted by Crippen LogP contribution is -2.73. The quantitative estimate of drug-likeness (QED) is 0.00371. The molecule has 0 spiro atoms. The predicted molar refractivity (Wildman–Crippen MR) is 563 cm³/mol. The van der Waals surface area contributed by atoms with Crippen molar-refractivity contribution in [2.45, 2.75) is 117 Å². The van der Waals surface area contributed by atoms with Gasteiger partial charge in [0, 0.05) is 245 Å². The van der Waals surface area contributed by atoms with Gasteiger partial charge in [0.1, 0.15) is 70.1 Å². The first-order chi connectivity index (χ1) is 64.5.